The molecule has 1 fully saturated rings. The van der Waals surface area contributed by atoms with Gasteiger partial charge < -0.3 is 15.0 Å². The first-order valence-corrected chi connectivity index (χ1v) is 13.5. The van der Waals surface area contributed by atoms with Gasteiger partial charge in [0.25, 0.3) is 0 Å². The molecule has 0 spiro atoms. The van der Waals surface area contributed by atoms with Crippen LogP contribution in [0.25, 0.3) is 10.4 Å². The molecule has 0 amide bonds. The van der Waals surface area contributed by atoms with Crippen LogP contribution in [0.15, 0.2) is 59.6 Å². The molecule has 0 atom stereocenters. The second-order valence-electron chi connectivity index (χ2n) is 8.72. The summed E-state index contributed by atoms with van der Waals surface area (Å²) in [6, 6.07) is 17.3. The highest BCUT2D eigenvalue weighted by molar-refractivity contribution is 7.17. The van der Waals surface area contributed by atoms with Gasteiger partial charge in [0.2, 0.25) is 0 Å². The maximum Gasteiger partial charge on any atom is 0.162 e. The van der Waals surface area contributed by atoms with Crippen LogP contribution in [0, 0.1) is 0 Å². The number of carbonyl (C=O) groups excluding carboxylic acids is 1. The normalized spacial score (nSPS) is 14.3. The summed E-state index contributed by atoms with van der Waals surface area (Å²) < 4.78 is 5.89. The van der Waals surface area contributed by atoms with E-state index in [1.165, 1.54) is 63.1 Å². The summed E-state index contributed by atoms with van der Waals surface area (Å²) in [6.07, 6.45) is 10.1. The number of benzene rings is 2. The molecule has 1 aliphatic heterocycles. The van der Waals surface area contributed by atoms with Gasteiger partial charge >= 0.3 is 0 Å². The lowest BCUT2D eigenvalue weighted by Gasteiger charge is -2.26. The molecular formula is C28H32ClN3O2S. The van der Waals surface area contributed by atoms with E-state index in [-0.39, 0.29) is 0 Å². The van der Waals surface area contributed by atoms with Crippen molar-refractivity contribution >= 4 is 46.9 Å². The Morgan fingerprint density at radius 3 is 2.51 bits per heavy atom. The summed E-state index contributed by atoms with van der Waals surface area (Å²) in [5, 5.41) is 3.85. The first kappa shape index (κ1) is 25.4. The molecule has 2 aromatic carbocycles. The molecule has 1 aromatic heterocycles. The fraction of sp³-hybridized carbons (Fsp3) is 0.357. The number of halogens is 1. The smallest absolute Gasteiger partial charge is 0.162 e. The molecule has 7 heteroatoms. The maximum absolute atomic E-state index is 11.5. The van der Waals surface area contributed by atoms with E-state index in [1.54, 1.807) is 6.34 Å². The van der Waals surface area contributed by atoms with Gasteiger partial charge in [0, 0.05) is 15.6 Å². The molecule has 2 heterocycles. The largest absolute Gasteiger partial charge is 0.494 e. The average Bonchev–Trinajstić information content (AvgIpc) is 3.31. The monoisotopic (exact) mass is 509 g/mol. The number of hydrogen-bond acceptors (Lipinski definition) is 5. The Morgan fingerprint density at radius 2 is 1.77 bits per heavy atom. The van der Waals surface area contributed by atoms with Crippen LogP contribution in [-0.4, -0.2) is 43.8 Å². The summed E-state index contributed by atoms with van der Waals surface area (Å²) in [5.41, 5.74) is 2.56. The molecule has 35 heavy (non-hydrogen) atoms. The van der Waals surface area contributed by atoms with Crippen molar-refractivity contribution < 1.29 is 9.53 Å². The number of carbonyl (C=O) groups is 1. The minimum absolute atomic E-state index is 0.590. The van der Waals surface area contributed by atoms with Crippen LogP contribution in [0.5, 0.6) is 5.75 Å². The minimum atomic E-state index is 0.590. The van der Waals surface area contributed by atoms with Gasteiger partial charge in [-0.3, -0.25) is 4.79 Å². The number of aldehydes is 1. The highest BCUT2D eigenvalue weighted by Crippen LogP contribution is 2.35. The van der Waals surface area contributed by atoms with Crippen molar-refractivity contribution in [2.45, 2.75) is 38.5 Å². The predicted octanol–water partition coefficient (Wildman–Crippen LogP) is 7.69. The van der Waals surface area contributed by atoms with Gasteiger partial charge in [0.1, 0.15) is 5.75 Å². The van der Waals surface area contributed by atoms with Crippen molar-refractivity contribution in [2.24, 2.45) is 4.99 Å². The van der Waals surface area contributed by atoms with Gasteiger partial charge in [0.05, 0.1) is 23.5 Å². The molecule has 0 aliphatic carbocycles. The first-order valence-electron chi connectivity index (χ1n) is 12.3. The number of piperidine rings is 1. The van der Waals surface area contributed by atoms with E-state index >= 15 is 0 Å². The number of rotatable bonds is 12. The topological polar surface area (TPSA) is 53.9 Å². The number of unbranched alkanes of at least 4 members (excludes halogenated alkanes) is 2. The number of anilines is 1. The number of nitrogens with one attached hydrogen (secondary N) is 1. The maximum atomic E-state index is 11.5. The van der Waals surface area contributed by atoms with E-state index in [1.807, 2.05) is 54.6 Å². The molecule has 1 N–H and O–H groups in total. The molecule has 0 unspecified atom stereocenters. The van der Waals surface area contributed by atoms with Crippen LogP contribution in [-0.2, 0) is 0 Å². The highest BCUT2D eigenvalue weighted by Gasteiger charge is 2.10. The number of hydrogen-bond donors (Lipinski definition) is 1. The van der Waals surface area contributed by atoms with Crippen LogP contribution >= 0.6 is 22.9 Å². The van der Waals surface area contributed by atoms with Gasteiger partial charge in [-0.2, -0.15) is 0 Å². The van der Waals surface area contributed by atoms with Crippen LogP contribution < -0.4 is 10.1 Å². The third kappa shape index (κ3) is 7.92. The summed E-state index contributed by atoms with van der Waals surface area (Å²) in [7, 11) is 0. The lowest BCUT2D eigenvalue weighted by molar-refractivity contribution is 0.112. The number of aliphatic imine (C=N–C) groups is 1. The van der Waals surface area contributed by atoms with E-state index in [0.29, 0.717) is 15.6 Å². The Kier molecular flexibility index (Phi) is 9.75. The van der Waals surface area contributed by atoms with Crippen molar-refractivity contribution in [3.8, 4) is 16.2 Å². The lowest BCUT2D eigenvalue weighted by atomic mass is 10.1. The standard InChI is InChI=1S/C28H32ClN3O2S/c29-23-9-7-22(8-10-23)27-19-26(28(20-33)35-27)31-21-30-24-11-13-25(14-12-24)34-18-6-2-5-17-32-15-3-1-4-16-32/h7-14,19-21H,1-6,15-18H2,(H,30,31). The second kappa shape index (κ2) is 13.4. The van der Waals surface area contributed by atoms with Gasteiger partial charge in [-0.05, 0) is 99.8 Å². The van der Waals surface area contributed by atoms with Gasteiger partial charge in [0.15, 0.2) is 6.29 Å². The number of ether oxygens (including phenoxy) is 1. The Labute approximate surface area is 216 Å². The number of thiophene rings is 1. The van der Waals surface area contributed by atoms with Crippen LogP contribution in [0.1, 0.15) is 48.2 Å². The Bertz CT molecular complexity index is 1090. The van der Waals surface area contributed by atoms with Crippen LogP contribution in [0.4, 0.5) is 11.4 Å². The lowest BCUT2D eigenvalue weighted by Crippen LogP contribution is -2.30. The average molecular weight is 510 g/mol. The summed E-state index contributed by atoms with van der Waals surface area (Å²) in [6.45, 7) is 4.52. The van der Waals surface area contributed by atoms with Crippen molar-refractivity contribution in [3.63, 3.8) is 0 Å². The van der Waals surface area contributed by atoms with E-state index in [0.717, 1.165) is 41.2 Å². The summed E-state index contributed by atoms with van der Waals surface area (Å²) in [4.78, 5) is 20.1. The van der Waals surface area contributed by atoms with Gasteiger partial charge in [-0.25, -0.2) is 4.99 Å². The molecule has 1 saturated heterocycles. The quantitative estimate of drug-likeness (QED) is 0.118. The highest BCUT2D eigenvalue weighted by atomic mass is 35.5. The number of nitrogens with zero attached hydrogens (tertiary/aromatic N) is 2. The predicted molar refractivity (Wildman–Crippen MR) is 148 cm³/mol. The van der Waals surface area contributed by atoms with Crippen LogP contribution in [0.2, 0.25) is 5.02 Å². The fourth-order valence-corrected chi connectivity index (χ4v) is 5.20. The second-order valence-corrected chi connectivity index (χ2v) is 10.2. The molecule has 5 nitrogen and oxygen atoms in total. The van der Waals surface area contributed by atoms with E-state index in [4.69, 9.17) is 16.3 Å². The van der Waals surface area contributed by atoms with Crippen molar-refractivity contribution in [1.29, 1.82) is 0 Å². The molecular weight excluding hydrogens is 478 g/mol. The minimum Gasteiger partial charge on any atom is -0.494 e. The van der Waals surface area contributed by atoms with Gasteiger partial charge in [-0.1, -0.05) is 30.2 Å². The zero-order valence-electron chi connectivity index (χ0n) is 19.9. The zero-order chi connectivity index (χ0) is 24.3. The molecule has 0 saturated carbocycles. The third-order valence-corrected chi connectivity index (χ3v) is 7.45. The van der Waals surface area contributed by atoms with Gasteiger partial charge in [-0.15, -0.1) is 11.3 Å². The Balaban J connectivity index is 1.20. The molecule has 1 aliphatic rings. The van der Waals surface area contributed by atoms with E-state index in [9.17, 15) is 4.79 Å². The van der Waals surface area contributed by atoms with Crippen molar-refractivity contribution in [3.05, 3.63) is 64.5 Å². The van der Waals surface area contributed by atoms with Crippen LogP contribution in [0.3, 0.4) is 0 Å². The van der Waals surface area contributed by atoms with Crippen molar-refractivity contribution in [1.82, 2.24) is 4.90 Å². The Morgan fingerprint density at radius 1 is 1.00 bits per heavy atom. The van der Waals surface area contributed by atoms with E-state index < -0.39 is 0 Å². The summed E-state index contributed by atoms with van der Waals surface area (Å²) >= 11 is 7.39. The molecule has 4 rings (SSSR count). The van der Waals surface area contributed by atoms with E-state index in [2.05, 4.69) is 15.2 Å². The summed E-state index contributed by atoms with van der Waals surface area (Å²) in [5.74, 6) is 0.872. The third-order valence-electron chi connectivity index (χ3n) is 6.10. The molecule has 184 valence electrons. The fourth-order valence-electron chi connectivity index (χ4n) is 4.15. The number of likely N-dealkylation sites (tertiary alicyclic amines) is 1. The SMILES string of the molecule is O=Cc1sc(-c2ccc(Cl)cc2)cc1/N=C\Nc1ccc(OCCCCCN2CCCCC2)cc1. The molecule has 3 aromatic rings. The molecule has 0 radical (unpaired) electrons. The Hall–Kier alpha value is -2.67. The molecule has 0 bridgehead atoms. The zero-order valence-corrected chi connectivity index (χ0v) is 21.5. The van der Waals surface area contributed by atoms with Crippen molar-refractivity contribution in [2.75, 3.05) is 31.6 Å². The first-order chi connectivity index (χ1) is 17.2.